The van der Waals surface area contributed by atoms with Crippen molar-refractivity contribution in [3.8, 4) is 34.3 Å². The normalized spacial score (nSPS) is 12.6. The van der Waals surface area contributed by atoms with Gasteiger partial charge in [0.25, 0.3) is 5.91 Å². The number of H-pyrrole nitrogens is 1. The summed E-state index contributed by atoms with van der Waals surface area (Å²) in [6.07, 6.45) is 2.36. The second kappa shape index (κ2) is 8.99. The minimum absolute atomic E-state index is 0.102. The first-order chi connectivity index (χ1) is 16.5. The summed E-state index contributed by atoms with van der Waals surface area (Å²) in [7, 11) is 1.46. The number of rotatable bonds is 5. The van der Waals surface area contributed by atoms with Crippen LogP contribution in [0.5, 0.6) is 11.5 Å². The van der Waals surface area contributed by atoms with Crippen molar-refractivity contribution in [1.29, 1.82) is 0 Å². The number of ether oxygens (including phenoxy) is 2. The van der Waals surface area contributed by atoms with Gasteiger partial charge in [-0.1, -0.05) is 29.8 Å². The predicted octanol–water partition coefficient (Wildman–Crippen LogP) is 4.31. The van der Waals surface area contributed by atoms with Gasteiger partial charge in [-0.2, -0.15) is 0 Å². The molecule has 1 aliphatic heterocycles. The molecular weight excluding hydrogens is 456 g/mol. The maximum absolute atomic E-state index is 12.5. The second-order valence-corrected chi connectivity index (χ2v) is 8.00. The van der Waals surface area contributed by atoms with Crippen molar-refractivity contribution < 1.29 is 19.1 Å². The molecule has 1 aliphatic rings. The van der Waals surface area contributed by atoms with Crippen molar-refractivity contribution in [3.05, 3.63) is 82.6 Å². The number of amides is 1. The number of carbonyl (C=O) groups is 2. The Labute approximate surface area is 199 Å². The molecule has 3 heterocycles. The van der Waals surface area contributed by atoms with Crippen LogP contribution in [0.2, 0.25) is 5.02 Å². The molecule has 4 aromatic rings. The van der Waals surface area contributed by atoms with Gasteiger partial charge in [-0.3, -0.25) is 4.79 Å². The van der Waals surface area contributed by atoms with Gasteiger partial charge in [0, 0.05) is 30.4 Å². The number of esters is 1. The highest BCUT2D eigenvalue weighted by atomic mass is 35.5. The third kappa shape index (κ3) is 4.11. The molecule has 2 aromatic carbocycles. The third-order valence-corrected chi connectivity index (χ3v) is 5.71. The minimum atomic E-state index is -0.549. The average Bonchev–Trinajstić information content (AvgIpc) is 3.31. The van der Waals surface area contributed by atoms with Crippen LogP contribution in [0, 0.1) is 0 Å². The summed E-state index contributed by atoms with van der Waals surface area (Å²) >= 11 is 6.47. The van der Waals surface area contributed by atoms with Crippen LogP contribution in [0.25, 0.3) is 22.8 Å². The molecular formula is C25H19ClN4O4. The topological polar surface area (TPSA) is 106 Å². The molecule has 0 radical (unpaired) electrons. The van der Waals surface area contributed by atoms with Gasteiger partial charge in [0.1, 0.15) is 0 Å². The molecule has 0 saturated heterocycles. The van der Waals surface area contributed by atoms with E-state index < -0.39 is 5.97 Å². The highest BCUT2D eigenvalue weighted by molar-refractivity contribution is 6.32. The predicted molar refractivity (Wildman–Crippen MR) is 126 cm³/mol. The van der Waals surface area contributed by atoms with E-state index in [-0.39, 0.29) is 22.4 Å². The highest BCUT2D eigenvalue weighted by Crippen LogP contribution is 2.39. The van der Waals surface area contributed by atoms with E-state index in [1.54, 1.807) is 54.7 Å². The van der Waals surface area contributed by atoms with Crippen LogP contribution in [0.15, 0.2) is 60.8 Å². The molecule has 0 bridgehead atoms. The smallest absolute Gasteiger partial charge is 0.343 e. The Morgan fingerprint density at radius 2 is 1.94 bits per heavy atom. The van der Waals surface area contributed by atoms with E-state index in [1.165, 1.54) is 7.11 Å². The highest BCUT2D eigenvalue weighted by Gasteiger charge is 2.22. The Balaban J connectivity index is 1.47. The molecule has 0 spiro atoms. The molecule has 9 heteroatoms. The lowest BCUT2D eigenvalue weighted by Crippen LogP contribution is -2.31. The first kappa shape index (κ1) is 21.7. The van der Waals surface area contributed by atoms with Crippen molar-refractivity contribution in [3.63, 3.8) is 0 Å². The zero-order valence-electron chi connectivity index (χ0n) is 18.1. The van der Waals surface area contributed by atoms with E-state index in [4.69, 9.17) is 21.1 Å². The molecule has 34 heavy (non-hydrogen) atoms. The maximum atomic E-state index is 12.5. The molecule has 0 unspecified atom stereocenters. The maximum Gasteiger partial charge on any atom is 0.343 e. The van der Waals surface area contributed by atoms with Crippen LogP contribution in [-0.2, 0) is 6.42 Å². The van der Waals surface area contributed by atoms with Crippen LogP contribution >= 0.6 is 11.6 Å². The Morgan fingerprint density at radius 1 is 1.12 bits per heavy atom. The first-order valence-corrected chi connectivity index (χ1v) is 10.9. The summed E-state index contributed by atoms with van der Waals surface area (Å²) in [5.74, 6) is 0.131. The van der Waals surface area contributed by atoms with E-state index in [9.17, 15) is 9.59 Å². The quantitative estimate of drug-likeness (QED) is 0.330. The fraction of sp³-hybridized carbons (Fsp3) is 0.120. The van der Waals surface area contributed by atoms with E-state index in [1.807, 2.05) is 6.07 Å². The summed E-state index contributed by atoms with van der Waals surface area (Å²) in [6, 6.07) is 15.4. The molecule has 0 atom stereocenters. The fourth-order valence-electron chi connectivity index (χ4n) is 3.75. The van der Waals surface area contributed by atoms with Crippen LogP contribution in [-0.4, -0.2) is 40.5 Å². The number of fused-ring (bicyclic) bond motifs is 1. The number of benzene rings is 2. The molecule has 1 amide bonds. The second-order valence-electron chi connectivity index (χ2n) is 7.59. The van der Waals surface area contributed by atoms with Gasteiger partial charge in [-0.05, 0) is 36.4 Å². The number of halogens is 1. The zero-order valence-corrected chi connectivity index (χ0v) is 18.8. The van der Waals surface area contributed by atoms with E-state index in [0.717, 1.165) is 17.8 Å². The number of nitrogens with one attached hydrogen (secondary N) is 2. The molecule has 170 valence electrons. The Kier molecular flexibility index (Phi) is 5.73. The van der Waals surface area contributed by atoms with Crippen molar-refractivity contribution in [2.75, 3.05) is 13.7 Å². The van der Waals surface area contributed by atoms with Crippen LogP contribution in [0.4, 0.5) is 0 Å². The lowest BCUT2D eigenvalue weighted by Gasteiger charge is -2.13. The summed E-state index contributed by atoms with van der Waals surface area (Å²) in [6.45, 7) is 0.598. The number of aromatic nitrogens is 3. The van der Waals surface area contributed by atoms with Gasteiger partial charge in [0.15, 0.2) is 17.3 Å². The van der Waals surface area contributed by atoms with Crippen molar-refractivity contribution >= 4 is 23.5 Å². The largest absolute Gasteiger partial charge is 0.493 e. The Bertz CT molecular complexity index is 1400. The average molecular weight is 475 g/mol. The molecule has 0 saturated carbocycles. The summed E-state index contributed by atoms with van der Waals surface area (Å²) in [4.78, 5) is 36.9. The number of carbonyl (C=O) groups excluding carboxylic acids is 2. The van der Waals surface area contributed by atoms with E-state index in [2.05, 4.69) is 20.3 Å². The molecule has 0 aliphatic carbocycles. The number of hydrogen-bond acceptors (Lipinski definition) is 6. The Hall–Kier alpha value is -4.17. The minimum Gasteiger partial charge on any atom is -0.493 e. The van der Waals surface area contributed by atoms with Gasteiger partial charge in [0.2, 0.25) is 0 Å². The standard InChI is InChI=1S/C25H19ClN4O4/c1-33-21-12-15(11-17(26)22(21)34-25(32)14-5-3-2-4-6-14)23-27-9-8-19(30-23)20-13-16-18(29-20)7-10-28-24(16)31/h2-6,8-9,11-13,29H,7,10H2,1H3,(H,28,31). The molecule has 5 rings (SSSR count). The fourth-order valence-corrected chi connectivity index (χ4v) is 4.00. The first-order valence-electron chi connectivity index (χ1n) is 10.5. The Morgan fingerprint density at radius 3 is 2.71 bits per heavy atom. The number of hydrogen-bond donors (Lipinski definition) is 2. The monoisotopic (exact) mass is 474 g/mol. The lowest BCUT2D eigenvalue weighted by molar-refractivity contribution is 0.0729. The summed E-state index contributed by atoms with van der Waals surface area (Å²) in [5, 5.41) is 3.01. The summed E-state index contributed by atoms with van der Waals surface area (Å²) in [5.41, 5.74) is 3.82. The number of nitrogens with zero attached hydrogens (tertiary/aromatic N) is 2. The summed E-state index contributed by atoms with van der Waals surface area (Å²) < 4.78 is 11.0. The van der Waals surface area contributed by atoms with E-state index in [0.29, 0.717) is 34.8 Å². The van der Waals surface area contributed by atoms with Crippen molar-refractivity contribution in [2.24, 2.45) is 0 Å². The molecule has 8 nitrogen and oxygen atoms in total. The SMILES string of the molecule is COc1cc(-c2nccc(-c3cc4c([nH]3)CCNC4=O)n2)cc(Cl)c1OC(=O)c1ccccc1. The van der Waals surface area contributed by atoms with Crippen molar-refractivity contribution in [2.45, 2.75) is 6.42 Å². The van der Waals surface area contributed by atoms with Gasteiger partial charge in [-0.15, -0.1) is 0 Å². The number of aromatic amines is 1. The molecule has 0 fully saturated rings. The third-order valence-electron chi connectivity index (χ3n) is 5.43. The lowest BCUT2D eigenvalue weighted by atomic mass is 10.1. The van der Waals surface area contributed by atoms with Gasteiger partial charge in [-0.25, -0.2) is 14.8 Å². The van der Waals surface area contributed by atoms with Crippen LogP contribution < -0.4 is 14.8 Å². The van der Waals surface area contributed by atoms with Gasteiger partial charge >= 0.3 is 5.97 Å². The van der Waals surface area contributed by atoms with Gasteiger partial charge in [0.05, 0.1) is 34.6 Å². The molecule has 2 aromatic heterocycles. The van der Waals surface area contributed by atoms with Crippen LogP contribution in [0.3, 0.4) is 0 Å². The van der Waals surface area contributed by atoms with Crippen LogP contribution in [0.1, 0.15) is 26.4 Å². The van der Waals surface area contributed by atoms with E-state index >= 15 is 0 Å². The van der Waals surface area contributed by atoms with Gasteiger partial charge < -0.3 is 19.8 Å². The molecule has 2 N–H and O–H groups in total. The zero-order chi connectivity index (χ0) is 23.7. The number of methoxy groups -OCH3 is 1. The van der Waals surface area contributed by atoms with Crippen molar-refractivity contribution in [1.82, 2.24) is 20.3 Å².